The third-order valence-electron chi connectivity index (χ3n) is 6.56. The summed E-state index contributed by atoms with van der Waals surface area (Å²) in [4.78, 5) is 1.88. The second-order valence-electron chi connectivity index (χ2n) is 8.62. The lowest BCUT2D eigenvalue weighted by atomic mass is 9.79. The molecule has 3 aromatic carbocycles. The topological polar surface area (TPSA) is 44.7 Å². The van der Waals surface area contributed by atoms with Crippen LogP contribution in [0.2, 0.25) is 0 Å². The van der Waals surface area contributed by atoms with Crippen LogP contribution in [0, 0.1) is 5.92 Å². The Hall–Kier alpha value is -3.03. The molecule has 1 fully saturated rings. The molecular weight excluding hydrogens is 441 g/mol. The Morgan fingerprint density at radius 2 is 1.50 bits per heavy atom. The van der Waals surface area contributed by atoms with Crippen molar-refractivity contribution in [3.63, 3.8) is 0 Å². The first-order valence-corrected chi connectivity index (χ1v) is 11.4. The molecule has 4 nitrogen and oxygen atoms in total. The fourth-order valence-corrected chi connectivity index (χ4v) is 5.18. The molecule has 1 aliphatic rings. The van der Waals surface area contributed by atoms with Crippen molar-refractivity contribution in [2.45, 2.75) is 30.8 Å². The quantitative estimate of drug-likeness (QED) is 0.476. The number of aliphatic hydroxyl groups excluding tert-OH is 1. The maximum absolute atomic E-state index is 13.1. The molecular formula is C27H29F3N2O2. The number of rotatable bonds is 8. The third kappa shape index (κ3) is 5.37. The van der Waals surface area contributed by atoms with Gasteiger partial charge in [-0.3, -0.25) is 0 Å². The largest absolute Gasteiger partial charge is 0.573 e. The van der Waals surface area contributed by atoms with Gasteiger partial charge < -0.3 is 20.1 Å². The predicted molar refractivity (Wildman–Crippen MR) is 127 cm³/mol. The maximum atomic E-state index is 13.1. The summed E-state index contributed by atoms with van der Waals surface area (Å²) >= 11 is 0. The molecule has 1 saturated heterocycles. The van der Waals surface area contributed by atoms with E-state index in [9.17, 15) is 18.3 Å². The first kappa shape index (κ1) is 24.1. The Morgan fingerprint density at radius 3 is 2.06 bits per heavy atom. The number of nitrogens with zero attached hydrogens (tertiary/aromatic N) is 1. The van der Waals surface area contributed by atoms with Gasteiger partial charge >= 0.3 is 6.36 Å². The summed E-state index contributed by atoms with van der Waals surface area (Å²) in [6.07, 6.45) is -4.25. The molecule has 1 aliphatic heterocycles. The first-order valence-electron chi connectivity index (χ1n) is 11.4. The highest BCUT2D eigenvalue weighted by atomic mass is 19.4. The molecule has 2 N–H and O–H groups in total. The van der Waals surface area contributed by atoms with E-state index in [1.807, 2.05) is 41.3 Å². The standard InChI is InChI=1S/C27H29F3N2O2/c1-32(22-14-8-9-15-23(22)34-27(28,29)30)26-21(16-17-33)18-31-25(26)24(19-10-4-2-5-11-19)20-12-6-3-7-13-20/h2-15,21,24-26,31,33H,16-18H2,1H3. The van der Waals surface area contributed by atoms with E-state index < -0.39 is 6.36 Å². The van der Waals surface area contributed by atoms with E-state index in [0.717, 1.165) is 11.1 Å². The number of benzene rings is 3. The van der Waals surface area contributed by atoms with Crippen LogP contribution in [0.4, 0.5) is 18.9 Å². The molecule has 0 bridgehead atoms. The van der Waals surface area contributed by atoms with Crippen LogP contribution in [-0.4, -0.2) is 43.8 Å². The van der Waals surface area contributed by atoms with Gasteiger partial charge in [0.25, 0.3) is 0 Å². The minimum absolute atomic E-state index is 0.00540. The SMILES string of the molecule is CN(c1ccccc1OC(F)(F)F)C1C(CCO)CNC1C(c1ccccc1)c1ccccc1. The minimum Gasteiger partial charge on any atom is -0.404 e. The Labute approximate surface area is 198 Å². The van der Waals surface area contributed by atoms with Gasteiger partial charge in [0.15, 0.2) is 5.75 Å². The van der Waals surface area contributed by atoms with E-state index in [1.165, 1.54) is 12.1 Å². The Kier molecular flexibility index (Phi) is 7.44. The Balaban J connectivity index is 1.77. The number of halogens is 3. The number of hydrogen-bond donors (Lipinski definition) is 2. The lowest BCUT2D eigenvalue weighted by Gasteiger charge is -2.39. The van der Waals surface area contributed by atoms with Crippen molar-refractivity contribution in [1.82, 2.24) is 5.32 Å². The van der Waals surface area contributed by atoms with E-state index in [4.69, 9.17) is 0 Å². The van der Waals surface area contributed by atoms with Crippen molar-refractivity contribution in [3.05, 3.63) is 96.1 Å². The summed E-state index contributed by atoms with van der Waals surface area (Å²) < 4.78 is 43.7. The van der Waals surface area contributed by atoms with Gasteiger partial charge in [-0.15, -0.1) is 13.2 Å². The molecule has 0 spiro atoms. The molecule has 34 heavy (non-hydrogen) atoms. The van der Waals surface area contributed by atoms with Gasteiger partial charge in [0, 0.05) is 38.2 Å². The number of alkyl halides is 3. The van der Waals surface area contributed by atoms with E-state index in [-0.39, 0.29) is 36.3 Å². The molecule has 0 radical (unpaired) electrons. The molecule has 3 atom stereocenters. The highest BCUT2D eigenvalue weighted by molar-refractivity contribution is 5.59. The summed E-state index contributed by atoms with van der Waals surface area (Å²) in [5, 5.41) is 13.4. The summed E-state index contributed by atoms with van der Waals surface area (Å²) in [5.41, 5.74) is 2.60. The molecule has 180 valence electrons. The summed E-state index contributed by atoms with van der Waals surface area (Å²) in [6.45, 7) is 0.657. The number of para-hydroxylation sites is 2. The average molecular weight is 471 g/mol. The fourth-order valence-electron chi connectivity index (χ4n) is 5.18. The molecule has 1 heterocycles. The van der Waals surface area contributed by atoms with Gasteiger partial charge in [0.2, 0.25) is 0 Å². The van der Waals surface area contributed by atoms with E-state index in [1.54, 1.807) is 19.2 Å². The highest BCUT2D eigenvalue weighted by Crippen LogP contribution is 2.41. The molecule has 0 amide bonds. The summed E-state index contributed by atoms with van der Waals surface area (Å²) in [5.74, 6) is -0.232. The second-order valence-corrected chi connectivity index (χ2v) is 8.62. The number of ether oxygens (including phenoxy) is 1. The summed E-state index contributed by atoms with van der Waals surface area (Å²) in [7, 11) is 1.81. The van der Waals surface area contributed by atoms with Crippen LogP contribution in [0.15, 0.2) is 84.9 Å². The van der Waals surface area contributed by atoms with Gasteiger partial charge in [-0.05, 0) is 35.6 Å². The molecule has 3 aromatic rings. The fraction of sp³-hybridized carbons (Fsp3) is 0.333. The van der Waals surface area contributed by atoms with Gasteiger partial charge in [0.05, 0.1) is 5.69 Å². The molecule has 7 heteroatoms. The average Bonchev–Trinajstić information content (AvgIpc) is 3.23. The van der Waals surface area contributed by atoms with Gasteiger partial charge in [0.1, 0.15) is 0 Å². The number of aliphatic hydroxyl groups is 1. The molecule has 0 saturated carbocycles. The van der Waals surface area contributed by atoms with Crippen molar-refractivity contribution in [2.75, 3.05) is 25.1 Å². The van der Waals surface area contributed by atoms with Crippen molar-refractivity contribution in [3.8, 4) is 5.75 Å². The lowest BCUT2D eigenvalue weighted by molar-refractivity contribution is -0.274. The zero-order valence-electron chi connectivity index (χ0n) is 19.0. The van der Waals surface area contributed by atoms with Crippen LogP contribution < -0.4 is 15.0 Å². The van der Waals surface area contributed by atoms with Crippen LogP contribution in [0.25, 0.3) is 0 Å². The Bertz CT molecular complexity index is 1010. The van der Waals surface area contributed by atoms with Gasteiger partial charge in [-0.2, -0.15) is 0 Å². The smallest absolute Gasteiger partial charge is 0.404 e. The second kappa shape index (κ2) is 10.5. The Morgan fingerprint density at radius 1 is 0.941 bits per heavy atom. The monoisotopic (exact) mass is 470 g/mol. The van der Waals surface area contributed by atoms with Crippen molar-refractivity contribution < 1.29 is 23.0 Å². The molecule has 0 aliphatic carbocycles. The third-order valence-corrected chi connectivity index (χ3v) is 6.56. The number of hydrogen-bond acceptors (Lipinski definition) is 4. The zero-order chi connectivity index (χ0) is 24.1. The first-order chi connectivity index (χ1) is 16.4. The lowest BCUT2D eigenvalue weighted by Crippen LogP contribution is -2.48. The van der Waals surface area contributed by atoms with Crippen LogP contribution in [0.1, 0.15) is 23.5 Å². The van der Waals surface area contributed by atoms with Crippen LogP contribution in [-0.2, 0) is 0 Å². The number of likely N-dealkylation sites (N-methyl/N-ethyl adjacent to an activating group) is 1. The van der Waals surface area contributed by atoms with E-state index in [2.05, 4.69) is 34.3 Å². The summed E-state index contributed by atoms with van der Waals surface area (Å²) in [6, 6.07) is 26.2. The van der Waals surface area contributed by atoms with E-state index in [0.29, 0.717) is 18.7 Å². The molecule has 4 rings (SSSR count). The molecule has 0 aromatic heterocycles. The highest BCUT2D eigenvalue weighted by Gasteiger charge is 2.44. The predicted octanol–water partition coefficient (Wildman–Crippen LogP) is 5.19. The van der Waals surface area contributed by atoms with Crippen LogP contribution >= 0.6 is 0 Å². The van der Waals surface area contributed by atoms with E-state index >= 15 is 0 Å². The van der Waals surface area contributed by atoms with Crippen LogP contribution in [0.3, 0.4) is 0 Å². The van der Waals surface area contributed by atoms with Gasteiger partial charge in [-0.25, -0.2) is 0 Å². The maximum Gasteiger partial charge on any atom is 0.573 e. The minimum atomic E-state index is -4.79. The molecule has 3 unspecified atom stereocenters. The van der Waals surface area contributed by atoms with Crippen molar-refractivity contribution >= 4 is 5.69 Å². The van der Waals surface area contributed by atoms with Crippen molar-refractivity contribution in [1.29, 1.82) is 0 Å². The van der Waals surface area contributed by atoms with Crippen molar-refractivity contribution in [2.24, 2.45) is 5.92 Å². The number of nitrogens with one attached hydrogen (secondary N) is 1. The van der Waals surface area contributed by atoms with Crippen LogP contribution in [0.5, 0.6) is 5.75 Å². The zero-order valence-corrected chi connectivity index (χ0v) is 19.0. The normalized spacial score (nSPS) is 20.5. The van der Waals surface area contributed by atoms with Gasteiger partial charge in [-0.1, -0.05) is 72.8 Å². The number of anilines is 1.